The zero-order valence-electron chi connectivity index (χ0n) is 11.1. The molecule has 0 amide bonds. The molecule has 3 aromatic rings. The second-order valence-corrected chi connectivity index (χ2v) is 5.83. The first-order valence-electron chi connectivity index (χ1n) is 6.54. The summed E-state index contributed by atoms with van der Waals surface area (Å²) in [5, 5.41) is 4.64. The van der Waals surface area contributed by atoms with Gasteiger partial charge in [0.2, 0.25) is 5.28 Å². The average molecular weight is 304 g/mol. The highest BCUT2D eigenvalue weighted by Crippen LogP contribution is 2.35. The van der Waals surface area contributed by atoms with Crippen LogP contribution in [0.15, 0.2) is 36.4 Å². The highest BCUT2D eigenvalue weighted by molar-refractivity contribution is 7.22. The predicted molar refractivity (Wildman–Crippen MR) is 86.6 cm³/mol. The third-order valence-electron chi connectivity index (χ3n) is 2.97. The Balaban J connectivity index is 2.10. The molecular formula is C15H14ClN3S. The van der Waals surface area contributed by atoms with Gasteiger partial charge in [-0.05, 0) is 29.7 Å². The summed E-state index contributed by atoms with van der Waals surface area (Å²) in [7, 11) is 0. The molecular weight excluding hydrogens is 290 g/mol. The molecule has 0 aliphatic carbocycles. The van der Waals surface area contributed by atoms with Crippen LogP contribution in [0.2, 0.25) is 5.28 Å². The minimum atomic E-state index is 0.289. The standard InChI is InChI=1S/C15H14ClN3S/c1-2-8-17-13-11-9-12(10-6-4-3-5-7-10)20-14(11)19-15(16)18-13/h3-7,9H,2,8H2,1H3,(H,17,18,19). The van der Waals surface area contributed by atoms with Crippen molar-refractivity contribution in [1.29, 1.82) is 0 Å². The largest absolute Gasteiger partial charge is 0.369 e. The van der Waals surface area contributed by atoms with E-state index in [0.717, 1.165) is 29.0 Å². The molecule has 0 bridgehead atoms. The summed E-state index contributed by atoms with van der Waals surface area (Å²) in [5.41, 5.74) is 1.19. The van der Waals surface area contributed by atoms with Gasteiger partial charge in [-0.3, -0.25) is 0 Å². The number of nitrogens with one attached hydrogen (secondary N) is 1. The van der Waals surface area contributed by atoms with Gasteiger partial charge in [0, 0.05) is 11.4 Å². The molecule has 0 atom stereocenters. The number of halogens is 1. The fourth-order valence-corrected chi connectivity index (χ4v) is 3.27. The molecule has 0 aliphatic rings. The minimum Gasteiger partial charge on any atom is -0.369 e. The number of fused-ring (bicyclic) bond motifs is 1. The van der Waals surface area contributed by atoms with Gasteiger partial charge in [-0.2, -0.15) is 0 Å². The quantitative estimate of drug-likeness (QED) is 0.701. The van der Waals surface area contributed by atoms with Crippen LogP contribution in [0.5, 0.6) is 0 Å². The smallest absolute Gasteiger partial charge is 0.225 e. The van der Waals surface area contributed by atoms with Crippen molar-refractivity contribution < 1.29 is 0 Å². The van der Waals surface area contributed by atoms with E-state index in [0.29, 0.717) is 0 Å². The van der Waals surface area contributed by atoms with E-state index >= 15 is 0 Å². The molecule has 0 saturated carbocycles. The van der Waals surface area contributed by atoms with Crippen LogP contribution in [-0.2, 0) is 0 Å². The summed E-state index contributed by atoms with van der Waals surface area (Å²) in [6.07, 6.45) is 1.04. The van der Waals surface area contributed by atoms with Gasteiger partial charge in [-0.15, -0.1) is 11.3 Å². The van der Waals surface area contributed by atoms with Crippen LogP contribution >= 0.6 is 22.9 Å². The van der Waals surface area contributed by atoms with Gasteiger partial charge in [-0.25, -0.2) is 9.97 Å². The zero-order chi connectivity index (χ0) is 13.9. The summed E-state index contributed by atoms with van der Waals surface area (Å²) >= 11 is 7.64. The molecule has 5 heteroatoms. The maximum Gasteiger partial charge on any atom is 0.225 e. The number of hydrogen-bond acceptors (Lipinski definition) is 4. The Bertz CT molecular complexity index is 725. The maximum atomic E-state index is 6.00. The van der Waals surface area contributed by atoms with Crippen molar-refractivity contribution in [2.45, 2.75) is 13.3 Å². The van der Waals surface area contributed by atoms with Gasteiger partial charge in [0.25, 0.3) is 0 Å². The van der Waals surface area contributed by atoms with Gasteiger partial charge in [0.15, 0.2) is 0 Å². The van der Waals surface area contributed by atoms with Crippen molar-refractivity contribution >= 4 is 39.0 Å². The Morgan fingerprint density at radius 1 is 1.20 bits per heavy atom. The molecule has 3 rings (SSSR count). The van der Waals surface area contributed by atoms with Crippen molar-refractivity contribution in [2.24, 2.45) is 0 Å². The fraction of sp³-hybridized carbons (Fsp3) is 0.200. The molecule has 20 heavy (non-hydrogen) atoms. The third kappa shape index (κ3) is 2.62. The number of thiophene rings is 1. The Hall–Kier alpha value is -1.65. The normalized spacial score (nSPS) is 10.9. The van der Waals surface area contributed by atoms with E-state index in [-0.39, 0.29) is 5.28 Å². The van der Waals surface area contributed by atoms with Crippen molar-refractivity contribution in [3.05, 3.63) is 41.7 Å². The summed E-state index contributed by atoms with van der Waals surface area (Å²) in [6, 6.07) is 12.4. The van der Waals surface area contributed by atoms with Crippen LogP contribution in [0.25, 0.3) is 20.7 Å². The van der Waals surface area contributed by atoms with E-state index in [4.69, 9.17) is 11.6 Å². The molecule has 1 aromatic carbocycles. The molecule has 102 valence electrons. The number of anilines is 1. The zero-order valence-corrected chi connectivity index (χ0v) is 12.6. The maximum absolute atomic E-state index is 6.00. The lowest BCUT2D eigenvalue weighted by molar-refractivity contribution is 0.970. The molecule has 1 N–H and O–H groups in total. The predicted octanol–water partition coefficient (Wildman–Crippen LogP) is 4.83. The average Bonchev–Trinajstić information content (AvgIpc) is 2.89. The number of aromatic nitrogens is 2. The molecule has 2 aromatic heterocycles. The Labute approximate surface area is 126 Å². The second kappa shape index (κ2) is 5.77. The lowest BCUT2D eigenvalue weighted by atomic mass is 10.2. The summed E-state index contributed by atoms with van der Waals surface area (Å²) < 4.78 is 0. The Kier molecular flexibility index (Phi) is 3.85. The SMILES string of the molecule is CCCNc1nc(Cl)nc2sc(-c3ccccc3)cc12. The van der Waals surface area contributed by atoms with Gasteiger partial charge in [0.1, 0.15) is 10.6 Å². The molecule has 0 spiro atoms. The van der Waals surface area contributed by atoms with Crippen LogP contribution < -0.4 is 5.32 Å². The van der Waals surface area contributed by atoms with Crippen LogP contribution in [0.3, 0.4) is 0 Å². The van der Waals surface area contributed by atoms with Crippen molar-refractivity contribution in [3.8, 4) is 10.4 Å². The van der Waals surface area contributed by atoms with Gasteiger partial charge in [0.05, 0.1) is 5.39 Å². The van der Waals surface area contributed by atoms with E-state index in [1.165, 1.54) is 10.4 Å². The Morgan fingerprint density at radius 3 is 2.75 bits per heavy atom. The highest BCUT2D eigenvalue weighted by Gasteiger charge is 2.11. The van der Waals surface area contributed by atoms with Crippen molar-refractivity contribution in [1.82, 2.24) is 9.97 Å². The highest BCUT2D eigenvalue weighted by atomic mass is 35.5. The van der Waals surface area contributed by atoms with E-state index in [1.807, 2.05) is 18.2 Å². The second-order valence-electron chi connectivity index (χ2n) is 4.46. The summed E-state index contributed by atoms with van der Waals surface area (Å²) in [4.78, 5) is 10.7. The van der Waals surface area contributed by atoms with Crippen LogP contribution in [0.1, 0.15) is 13.3 Å². The van der Waals surface area contributed by atoms with E-state index in [1.54, 1.807) is 11.3 Å². The van der Waals surface area contributed by atoms with Crippen LogP contribution in [0.4, 0.5) is 5.82 Å². The van der Waals surface area contributed by atoms with E-state index in [9.17, 15) is 0 Å². The van der Waals surface area contributed by atoms with Crippen LogP contribution in [-0.4, -0.2) is 16.5 Å². The molecule has 2 heterocycles. The number of benzene rings is 1. The summed E-state index contributed by atoms with van der Waals surface area (Å²) in [6.45, 7) is 3.00. The molecule has 0 radical (unpaired) electrons. The number of nitrogens with zero attached hydrogens (tertiary/aromatic N) is 2. The number of hydrogen-bond donors (Lipinski definition) is 1. The Morgan fingerprint density at radius 2 is 2.00 bits per heavy atom. The van der Waals surface area contributed by atoms with Gasteiger partial charge < -0.3 is 5.32 Å². The molecule has 0 aliphatic heterocycles. The minimum absolute atomic E-state index is 0.289. The molecule has 0 fully saturated rings. The summed E-state index contributed by atoms with van der Waals surface area (Å²) in [5.74, 6) is 0.820. The van der Waals surface area contributed by atoms with E-state index in [2.05, 4.69) is 40.4 Å². The van der Waals surface area contributed by atoms with Crippen molar-refractivity contribution in [2.75, 3.05) is 11.9 Å². The molecule has 0 unspecified atom stereocenters. The molecule has 3 nitrogen and oxygen atoms in total. The third-order valence-corrected chi connectivity index (χ3v) is 4.21. The van der Waals surface area contributed by atoms with Crippen molar-refractivity contribution in [3.63, 3.8) is 0 Å². The topological polar surface area (TPSA) is 37.8 Å². The van der Waals surface area contributed by atoms with E-state index < -0.39 is 0 Å². The fourth-order valence-electron chi connectivity index (χ4n) is 2.02. The lowest BCUT2D eigenvalue weighted by Gasteiger charge is -2.04. The first-order chi connectivity index (χ1) is 9.78. The van der Waals surface area contributed by atoms with Gasteiger partial charge >= 0.3 is 0 Å². The number of rotatable bonds is 4. The molecule has 0 saturated heterocycles. The van der Waals surface area contributed by atoms with Gasteiger partial charge in [-0.1, -0.05) is 37.3 Å². The monoisotopic (exact) mass is 303 g/mol. The lowest BCUT2D eigenvalue weighted by Crippen LogP contribution is -2.02. The first kappa shape index (κ1) is 13.3. The first-order valence-corrected chi connectivity index (χ1v) is 7.73. The van der Waals surface area contributed by atoms with Crippen LogP contribution in [0, 0.1) is 0 Å².